The third-order valence-corrected chi connectivity index (χ3v) is 1.88. The second-order valence-electron chi connectivity index (χ2n) is 3.06. The second kappa shape index (κ2) is 6.75. The highest BCUT2D eigenvalue weighted by atomic mass is 16.6. The molecule has 0 saturated heterocycles. The molecule has 0 bridgehead atoms. The van der Waals surface area contributed by atoms with E-state index in [1.807, 2.05) is 0 Å². The molecule has 84 valence electrons. The molecule has 0 saturated carbocycles. The van der Waals surface area contributed by atoms with Gasteiger partial charge >= 0.3 is 5.97 Å². The van der Waals surface area contributed by atoms with Gasteiger partial charge in [0.25, 0.3) is 0 Å². The van der Waals surface area contributed by atoms with Crippen LogP contribution in [0, 0.1) is 16.0 Å². The van der Waals surface area contributed by atoms with Crippen LogP contribution in [0.1, 0.15) is 13.3 Å². The highest BCUT2D eigenvalue weighted by molar-refractivity contribution is 5.74. The van der Waals surface area contributed by atoms with E-state index in [2.05, 4.69) is 11.3 Å². The number of hydrogen-bond acceptors (Lipinski definition) is 4. The molecule has 0 N–H and O–H groups in total. The second-order valence-corrected chi connectivity index (χ2v) is 3.06. The van der Waals surface area contributed by atoms with E-state index in [9.17, 15) is 14.9 Å². The molecule has 0 aromatic rings. The van der Waals surface area contributed by atoms with Gasteiger partial charge in [-0.05, 0) is 12.5 Å². The Bertz CT molecular complexity index is 273. The third kappa shape index (κ3) is 4.95. The van der Waals surface area contributed by atoms with Crippen molar-refractivity contribution in [3.05, 3.63) is 34.9 Å². The van der Waals surface area contributed by atoms with Crippen LogP contribution in [-0.2, 0) is 9.53 Å². The van der Waals surface area contributed by atoms with Crippen molar-refractivity contribution in [1.82, 2.24) is 0 Å². The highest BCUT2D eigenvalue weighted by Gasteiger charge is 2.16. The summed E-state index contributed by atoms with van der Waals surface area (Å²) in [5, 5.41) is 10.3. The Morgan fingerprint density at radius 3 is 2.60 bits per heavy atom. The Morgan fingerprint density at radius 1 is 1.60 bits per heavy atom. The first-order valence-corrected chi connectivity index (χ1v) is 4.53. The summed E-state index contributed by atoms with van der Waals surface area (Å²) in [7, 11) is 1.28. The van der Waals surface area contributed by atoms with E-state index in [-0.39, 0.29) is 0 Å². The maximum Gasteiger partial charge on any atom is 0.312 e. The van der Waals surface area contributed by atoms with Gasteiger partial charge in [-0.15, -0.1) is 6.58 Å². The minimum Gasteiger partial charge on any atom is -0.469 e. The Labute approximate surface area is 88.6 Å². The number of allylic oxidation sites excluding steroid dienone is 1. The van der Waals surface area contributed by atoms with Crippen molar-refractivity contribution in [2.75, 3.05) is 7.11 Å². The van der Waals surface area contributed by atoms with E-state index >= 15 is 0 Å². The fourth-order valence-corrected chi connectivity index (χ4v) is 0.949. The number of nitro groups is 1. The van der Waals surface area contributed by atoms with Crippen LogP contribution < -0.4 is 0 Å². The van der Waals surface area contributed by atoms with Crippen LogP contribution in [0.25, 0.3) is 0 Å². The predicted octanol–water partition coefficient (Wildman–Crippen LogP) is 1.57. The lowest BCUT2D eigenvalue weighted by atomic mass is 10.0. The summed E-state index contributed by atoms with van der Waals surface area (Å²) in [5.41, 5.74) is 0. The van der Waals surface area contributed by atoms with Gasteiger partial charge in [-0.2, -0.15) is 0 Å². The van der Waals surface area contributed by atoms with Gasteiger partial charge in [0.15, 0.2) is 0 Å². The van der Waals surface area contributed by atoms with Crippen molar-refractivity contribution in [3.8, 4) is 0 Å². The van der Waals surface area contributed by atoms with E-state index in [1.54, 1.807) is 6.08 Å². The summed E-state index contributed by atoms with van der Waals surface area (Å²) >= 11 is 0. The van der Waals surface area contributed by atoms with Gasteiger partial charge in [0.05, 0.1) is 13.0 Å². The number of methoxy groups -OCH3 is 1. The highest BCUT2D eigenvalue weighted by Crippen LogP contribution is 2.09. The van der Waals surface area contributed by atoms with Crippen LogP contribution in [0.3, 0.4) is 0 Å². The smallest absolute Gasteiger partial charge is 0.312 e. The maximum atomic E-state index is 11.2. The molecule has 0 fully saturated rings. The van der Waals surface area contributed by atoms with Crippen LogP contribution in [0.5, 0.6) is 0 Å². The van der Waals surface area contributed by atoms with E-state index in [1.165, 1.54) is 26.2 Å². The van der Waals surface area contributed by atoms with Gasteiger partial charge < -0.3 is 4.74 Å². The topological polar surface area (TPSA) is 69.4 Å². The minimum absolute atomic E-state index is 0.410. The molecule has 0 heterocycles. The molecule has 0 radical (unpaired) electrons. The van der Waals surface area contributed by atoms with E-state index < -0.39 is 22.9 Å². The third-order valence-electron chi connectivity index (χ3n) is 1.88. The van der Waals surface area contributed by atoms with Gasteiger partial charge in [-0.25, -0.2) is 0 Å². The molecule has 0 aliphatic rings. The first-order chi connectivity index (χ1) is 7.02. The van der Waals surface area contributed by atoms with Crippen LogP contribution in [-0.4, -0.2) is 24.0 Å². The fraction of sp³-hybridized carbons (Fsp3) is 0.500. The lowest BCUT2D eigenvalue weighted by Gasteiger charge is -2.07. The van der Waals surface area contributed by atoms with E-state index in [4.69, 9.17) is 0 Å². The lowest BCUT2D eigenvalue weighted by molar-refractivity contribution is -0.504. The molecular formula is C10H15NO4. The van der Waals surface area contributed by atoms with Crippen LogP contribution >= 0.6 is 0 Å². The number of carbonyl (C=O) groups excluding carboxylic acids is 1. The first-order valence-electron chi connectivity index (χ1n) is 4.53. The van der Waals surface area contributed by atoms with E-state index in [0.29, 0.717) is 6.42 Å². The lowest BCUT2D eigenvalue weighted by Crippen LogP contribution is -2.16. The number of rotatable bonds is 6. The Hall–Kier alpha value is -1.65. The van der Waals surface area contributed by atoms with Gasteiger partial charge in [0, 0.05) is 11.8 Å². The summed E-state index contributed by atoms with van der Waals surface area (Å²) in [6.07, 6.45) is 4.85. The number of carbonyl (C=O) groups is 1. The van der Waals surface area contributed by atoms with Gasteiger partial charge in [-0.1, -0.05) is 12.2 Å². The minimum atomic E-state index is -0.804. The summed E-state index contributed by atoms with van der Waals surface area (Å²) in [6, 6.07) is -0.804. The van der Waals surface area contributed by atoms with Crippen LogP contribution in [0.4, 0.5) is 0 Å². The average Bonchev–Trinajstić information content (AvgIpc) is 2.22. The van der Waals surface area contributed by atoms with Crippen molar-refractivity contribution in [3.63, 3.8) is 0 Å². The molecule has 0 aliphatic heterocycles. The molecule has 0 amide bonds. The first kappa shape index (κ1) is 13.4. The standard InChI is InChI=1S/C10H15NO4/c1-4-5-9(10(12)15-3)7-6-8(2)11(13)14/h4,6-9H,1,5H2,2-3H3/b7-6+/t8-,9+/m1/s1. The normalized spacial score (nSPS) is 14.5. The van der Waals surface area contributed by atoms with Gasteiger partial charge in [0.2, 0.25) is 6.04 Å². The van der Waals surface area contributed by atoms with Gasteiger partial charge in [-0.3, -0.25) is 14.9 Å². The number of nitrogens with zero attached hydrogens (tertiary/aromatic N) is 1. The Kier molecular flexibility index (Phi) is 6.01. The monoisotopic (exact) mass is 213 g/mol. The number of hydrogen-bond donors (Lipinski definition) is 0. The summed E-state index contributed by atoms with van der Waals surface area (Å²) in [4.78, 5) is 21.1. The number of ether oxygens (including phenoxy) is 1. The van der Waals surface area contributed by atoms with Crippen LogP contribution in [0.15, 0.2) is 24.8 Å². The molecule has 0 rings (SSSR count). The molecule has 0 unspecified atom stereocenters. The van der Waals surface area contributed by atoms with Crippen molar-refractivity contribution in [2.45, 2.75) is 19.4 Å². The molecule has 0 aliphatic carbocycles. The zero-order valence-corrected chi connectivity index (χ0v) is 8.88. The summed E-state index contributed by atoms with van der Waals surface area (Å²) in [6.45, 7) is 4.95. The van der Waals surface area contributed by atoms with Crippen molar-refractivity contribution < 1.29 is 14.5 Å². The average molecular weight is 213 g/mol. The Balaban J connectivity index is 4.46. The largest absolute Gasteiger partial charge is 0.469 e. The quantitative estimate of drug-likeness (QED) is 0.290. The zero-order valence-electron chi connectivity index (χ0n) is 8.88. The molecule has 0 aromatic carbocycles. The maximum absolute atomic E-state index is 11.2. The fourth-order valence-electron chi connectivity index (χ4n) is 0.949. The van der Waals surface area contributed by atoms with Crippen molar-refractivity contribution in [2.24, 2.45) is 5.92 Å². The molecule has 2 atom stereocenters. The molecule has 5 heteroatoms. The summed E-state index contributed by atoms with van der Waals surface area (Å²) in [5.74, 6) is -0.906. The SMILES string of the molecule is C=CC[C@@H](/C=C/[C@@H](C)[N+](=O)[O-])C(=O)OC. The van der Waals surface area contributed by atoms with Crippen molar-refractivity contribution >= 4 is 5.97 Å². The Morgan fingerprint density at radius 2 is 2.20 bits per heavy atom. The predicted molar refractivity (Wildman–Crippen MR) is 55.9 cm³/mol. The molecular weight excluding hydrogens is 198 g/mol. The molecule has 0 aromatic heterocycles. The molecule has 15 heavy (non-hydrogen) atoms. The molecule has 0 spiro atoms. The number of esters is 1. The molecule has 5 nitrogen and oxygen atoms in total. The van der Waals surface area contributed by atoms with Crippen molar-refractivity contribution in [1.29, 1.82) is 0 Å². The summed E-state index contributed by atoms with van der Waals surface area (Å²) < 4.78 is 4.55. The van der Waals surface area contributed by atoms with Crippen LogP contribution in [0.2, 0.25) is 0 Å². The van der Waals surface area contributed by atoms with E-state index in [0.717, 1.165) is 0 Å². The zero-order chi connectivity index (χ0) is 11.8. The van der Waals surface area contributed by atoms with Gasteiger partial charge in [0.1, 0.15) is 0 Å².